The summed E-state index contributed by atoms with van der Waals surface area (Å²) in [4.78, 5) is 20.4. The van der Waals surface area contributed by atoms with Gasteiger partial charge in [-0.2, -0.15) is 0 Å². The van der Waals surface area contributed by atoms with E-state index in [1.54, 1.807) is 11.3 Å². The van der Waals surface area contributed by atoms with E-state index in [0.717, 1.165) is 48.4 Å². The van der Waals surface area contributed by atoms with Gasteiger partial charge in [-0.25, -0.2) is 4.98 Å². The molecule has 0 saturated carbocycles. The van der Waals surface area contributed by atoms with Gasteiger partial charge in [0.05, 0.1) is 18.9 Å². The Balaban J connectivity index is 1.76. The molecule has 1 aromatic carbocycles. The van der Waals surface area contributed by atoms with Crippen molar-refractivity contribution in [1.29, 1.82) is 0 Å². The largest absolute Gasteiger partial charge is 0.378 e. The number of carbonyl (C=O) groups excluding carboxylic acids is 1. The molecule has 5 nitrogen and oxygen atoms in total. The maximum atomic E-state index is 12.1. The van der Waals surface area contributed by atoms with Gasteiger partial charge in [0.1, 0.15) is 0 Å². The van der Waals surface area contributed by atoms with Crippen LogP contribution in [0, 0.1) is 12.3 Å². The highest BCUT2D eigenvalue weighted by atomic mass is 32.1. The average Bonchev–Trinajstić information content (AvgIpc) is 2.97. The van der Waals surface area contributed by atoms with E-state index >= 15 is 0 Å². The van der Waals surface area contributed by atoms with Crippen LogP contribution < -0.4 is 10.2 Å². The van der Waals surface area contributed by atoms with E-state index in [4.69, 9.17) is 9.72 Å². The summed E-state index contributed by atoms with van der Waals surface area (Å²) in [6.07, 6.45) is 0. The molecule has 0 spiro atoms. The second-order valence-corrected chi connectivity index (χ2v) is 8.46. The van der Waals surface area contributed by atoms with E-state index in [-0.39, 0.29) is 5.91 Å². The topological polar surface area (TPSA) is 54.5 Å². The van der Waals surface area contributed by atoms with Gasteiger partial charge in [0.15, 0.2) is 5.13 Å². The van der Waals surface area contributed by atoms with E-state index in [9.17, 15) is 4.79 Å². The first-order chi connectivity index (χ1) is 11.8. The van der Waals surface area contributed by atoms with Crippen LogP contribution in [0.2, 0.25) is 0 Å². The van der Waals surface area contributed by atoms with Crippen molar-refractivity contribution < 1.29 is 9.53 Å². The Morgan fingerprint density at radius 2 is 1.84 bits per heavy atom. The van der Waals surface area contributed by atoms with E-state index in [1.165, 1.54) is 4.88 Å². The Kier molecular flexibility index (Phi) is 5.11. The second kappa shape index (κ2) is 7.14. The summed E-state index contributed by atoms with van der Waals surface area (Å²) in [6, 6.07) is 7.91. The summed E-state index contributed by atoms with van der Waals surface area (Å²) in [5.41, 5.74) is 2.49. The van der Waals surface area contributed by atoms with Crippen LogP contribution in [0.5, 0.6) is 0 Å². The third-order valence-electron chi connectivity index (χ3n) is 4.16. The number of ether oxygens (including phenoxy) is 1. The van der Waals surface area contributed by atoms with Crippen molar-refractivity contribution in [2.75, 3.05) is 36.5 Å². The number of anilines is 2. The Morgan fingerprint density at radius 3 is 2.44 bits per heavy atom. The van der Waals surface area contributed by atoms with Gasteiger partial charge in [-0.15, -0.1) is 11.3 Å². The molecule has 1 saturated heterocycles. The predicted octanol–water partition coefficient (Wildman–Crippen LogP) is 3.94. The number of morpholine rings is 1. The van der Waals surface area contributed by atoms with Crippen LogP contribution in [0.15, 0.2) is 24.3 Å². The SMILES string of the molecule is Cc1sc(N2CCOCC2)nc1-c1ccc(NC(=O)C(C)(C)C)cc1. The number of aromatic nitrogens is 1. The molecule has 134 valence electrons. The first kappa shape index (κ1) is 17.9. The van der Waals surface area contributed by atoms with Gasteiger partial charge in [0.2, 0.25) is 5.91 Å². The van der Waals surface area contributed by atoms with Gasteiger partial charge in [0.25, 0.3) is 0 Å². The van der Waals surface area contributed by atoms with Crippen molar-refractivity contribution in [2.24, 2.45) is 5.41 Å². The summed E-state index contributed by atoms with van der Waals surface area (Å²) in [5.74, 6) is 0.0136. The number of nitrogens with one attached hydrogen (secondary N) is 1. The molecule has 0 aliphatic carbocycles. The van der Waals surface area contributed by atoms with E-state index in [1.807, 2.05) is 45.0 Å². The quantitative estimate of drug-likeness (QED) is 0.902. The van der Waals surface area contributed by atoms with Crippen molar-refractivity contribution in [3.8, 4) is 11.3 Å². The van der Waals surface area contributed by atoms with Crippen molar-refractivity contribution in [2.45, 2.75) is 27.7 Å². The standard InChI is InChI=1S/C19H25N3O2S/c1-13-16(21-18(25-13)22-9-11-24-12-10-22)14-5-7-15(8-6-14)20-17(23)19(2,3)4/h5-8H,9-12H2,1-4H3,(H,20,23). The zero-order valence-electron chi connectivity index (χ0n) is 15.3. The average molecular weight is 359 g/mol. The molecule has 1 amide bonds. The number of thiazole rings is 1. The monoisotopic (exact) mass is 359 g/mol. The molecule has 25 heavy (non-hydrogen) atoms. The highest BCUT2D eigenvalue weighted by molar-refractivity contribution is 7.16. The van der Waals surface area contributed by atoms with Crippen molar-refractivity contribution >= 4 is 28.1 Å². The number of carbonyl (C=O) groups is 1. The molecule has 1 fully saturated rings. The fourth-order valence-corrected chi connectivity index (χ4v) is 3.55. The minimum atomic E-state index is -0.406. The van der Waals surface area contributed by atoms with Crippen LogP contribution in [0.4, 0.5) is 10.8 Å². The van der Waals surface area contributed by atoms with E-state index < -0.39 is 5.41 Å². The highest BCUT2D eigenvalue weighted by Gasteiger charge is 2.21. The smallest absolute Gasteiger partial charge is 0.229 e. The lowest BCUT2D eigenvalue weighted by Crippen LogP contribution is -2.36. The van der Waals surface area contributed by atoms with Gasteiger partial charge < -0.3 is 15.0 Å². The second-order valence-electron chi connectivity index (χ2n) is 7.28. The third-order valence-corrected chi connectivity index (χ3v) is 5.20. The van der Waals surface area contributed by atoms with Crippen LogP contribution in [0.25, 0.3) is 11.3 Å². The number of nitrogens with zero attached hydrogens (tertiary/aromatic N) is 2. The molecule has 1 N–H and O–H groups in total. The molecular formula is C19H25N3O2S. The fraction of sp³-hybridized carbons (Fsp3) is 0.474. The molecule has 0 unspecified atom stereocenters. The van der Waals surface area contributed by atoms with Crippen LogP contribution in [-0.2, 0) is 9.53 Å². The van der Waals surface area contributed by atoms with Gasteiger partial charge in [-0.05, 0) is 19.1 Å². The van der Waals surface area contributed by atoms with Gasteiger partial charge in [-0.3, -0.25) is 4.79 Å². The zero-order valence-corrected chi connectivity index (χ0v) is 16.1. The molecule has 1 aliphatic rings. The van der Waals surface area contributed by atoms with Crippen molar-refractivity contribution in [3.05, 3.63) is 29.1 Å². The number of benzene rings is 1. The maximum Gasteiger partial charge on any atom is 0.229 e. The first-order valence-electron chi connectivity index (χ1n) is 8.56. The molecule has 1 aromatic heterocycles. The van der Waals surface area contributed by atoms with Crippen molar-refractivity contribution in [3.63, 3.8) is 0 Å². The van der Waals surface area contributed by atoms with Gasteiger partial charge in [0, 0.05) is 34.6 Å². The predicted molar refractivity (Wildman–Crippen MR) is 103 cm³/mol. The molecule has 0 atom stereocenters. The summed E-state index contributed by atoms with van der Waals surface area (Å²) in [7, 11) is 0. The molecule has 0 radical (unpaired) electrons. The molecule has 6 heteroatoms. The Bertz CT molecular complexity index is 741. The molecule has 2 heterocycles. The lowest BCUT2D eigenvalue weighted by Gasteiger charge is -2.26. The number of rotatable bonds is 3. The first-order valence-corrected chi connectivity index (χ1v) is 9.38. The molecule has 3 rings (SSSR count). The molecule has 0 bridgehead atoms. The Morgan fingerprint density at radius 1 is 1.20 bits per heavy atom. The normalized spacial score (nSPS) is 15.3. The van der Waals surface area contributed by atoms with Crippen LogP contribution in [0.3, 0.4) is 0 Å². The maximum absolute atomic E-state index is 12.1. The van der Waals surface area contributed by atoms with Crippen molar-refractivity contribution in [1.82, 2.24) is 4.98 Å². The number of amides is 1. The summed E-state index contributed by atoms with van der Waals surface area (Å²) < 4.78 is 5.41. The Hall–Kier alpha value is -1.92. The number of hydrogen-bond donors (Lipinski definition) is 1. The summed E-state index contributed by atoms with van der Waals surface area (Å²) in [5, 5.41) is 4.01. The molecule has 1 aliphatic heterocycles. The van der Waals surface area contributed by atoms with Crippen LogP contribution >= 0.6 is 11.3 Å². The Labute approximate surface area is 153 Å². The fourth-order valence-electron chi connectivity index (χ4n) is 2.57. The lowest BCUT2D eigenvalue weighted by atomic mass is 9.95. The molecular weight excluding hydrogens is 334 g/mol. The van der Waals surface area contributed by atoms with Gasteiger partial charge in [-0.1, -0.05) is 32.9 Å². The van der Waals surface area contributed by atoms with Crippen LogP contribution in [-0.4, -0.2) is 37.2 Å². The zero-order chi connectivity index (χ0) is 18.0. The highest BCUT2D eigenvalue weighted by Crippen LogP contribution is 2.33. The van der Waals surface area contributed by atoms with Gasteiger partial charge >= 0.3 is 0 Å². The summed E-state index contributed by atoms with van der Waals surface area (Å²) in [6.45, 7) is 11.1. The lowest BCUT2D eigenvalue weighted by molar-refractivity contribution is -0.123. The summed E-state index contributed by atoms with van der Waals surface area (Å²) >= 11 is 1.72. The minimum Gasteiger partial charge on any atom is -0.378 e. The minimum absolute atomic E-state index is 0.0136. The number of hydrogen-bond acceptors (Lipinski definition) is 5. The third kappa shape index (κ3) is 4.19. The van der Waals surface area contributed by atoms with E-state index in [2.05, 4.69) is 17.1 Å². The number of aryl methyl sites for hydroxylation is 1. The van der Waals surface area contributed by atoms with Crippen LogP contribution in [0.1, 0.15) is 25.6 Å². The van der Waals surface area contributed by atoms with E-state index in [0.29, 0.717) is 0 Å². The molecule has 2 aromatic rings.